The molecule has 1 amide bonds. The Hall–Kier alpha value is -2.02. The van der Waals surface area contributed by atoms with Gasteiger partial charge in [-0.25, -0.2) is 0 Å². The summed E-state index contributed by atoms with van der Waals surface area (Å²) < 4.78 is 0. The van der Waals surface area contributed by atoms with Gasteiger partial charge in [0.25, 0.3) is 0 Å². The number of hydrogen-bond acceptors (Lipinski definition) is 3. The van der Waals surface area contributed by atoms with Crippen LogP contribution < -0.4 is 10.2 Å². The van der Waals surface area contributed by atoms with E-state index in [4.69, 9.17) is 5.26 Å². The zero-order chi connectivity index (χ0) is 11.4. The number of nitriles is 1. The zero-order valence-electron chi connectivity index (χ0n) is 8.94. The fourth-order valence-corrected chi connectivity index (χ4v) is 1.77. The van der Waals surface area contributed by atoms with Crippen LogP contribution in [0.3, 0.4) is 0 Å². The highest BCUT2D eigenvalue weighted by molar-refractivity contribution is 5.81. The van der Waals surface area contributed by atoms with E-state index in [1.807, 2.05) is 17.0 Å². The lowest BCUT2D eigenvalue weighted by Gasteiger charge is -2.21. The summed E-state index contributed by atoms with van der Waals surface area (Å²) in [6.07, 6.45) is 0.950. The van der Waals surface area contributed by atoms with Crippen LogP contribution in [0.2, 0.25) is 0 Å². The van der Waals surface area contributed by atoms with Gasteiger partial charge in [0.1, 0.15) is 0 Å². The summed E-state index contributed by atoms with van der Waals surface area (Å²) >= 11 is 0. The van der Waals surface area contributed by atoms with E-state index in [0.29, 0.717) is 12.1 Å². The van der Waals surface area contributed by atoms with E-state index in [-0.39, 0.29) is 5.91 Å². The van der Waals surface area contributed by atoms with Crippen LogP contribution in [0.25, 0.3) is 0 Å². The predicted octanol–water partition coefficient (Wildman–Crippen LogP) is 0.885. The molecule has 16 heavy (non-hydrogen) atoms. The third-order valence-corrected chi connectivity index (χ3v) is 2.62. The smallest absolute Gasteiger partial charge is 0.239 e. The Morgan fingerprint density at radius 3 is 2.75 bits per heavy atom. The third-order valence-electron chi connectivity index (χ3n) is 2.62. The number of rotatable bonds is 1. The lowest BCUT2D eigenvalue weighted by atomic mass is 10.2. The molecule has 1 heterocycles. The van der Waals surface area contributed by atoms with Gasteiger partial charge < -0.3 is 10.2 Å². The van der Waals surface area contributed by atoms with Crippen molar-refractivity contribution < 1.29 is 4.79 Å². The van der Waals surface area contributed by atoms with Crippen molar-refractivity contribution in [3.63, 3.8) is 0 Å². The number of benzene rings is 1. The summed E-state index contributed by atoms with van der Waals surface area (Å²) in [5.41, 5.74) is 1.64. The number of hydrogen-bond donors (Lipinski definition) is 1. The van der Waals surface area contributed by atoms with Crippen LogP contribution in [0.5, 0.6) is 0 Å². The molecule has 0 aliphatic carbocycles. The molecule has 2 rings (SSSR count). The normalized spacial score (nSPS) is 16.2. The molecule has 1 aliphatic rings. The lowest BCUT2D eigenvalue weighted by molar-refractivity contribution is -0.119. The van der Waals surface area contributed by atoms with Gasteiger partial charge in [0.2, 0.25) is 5.91 Å². The van der Waals surface area contributed by atoms with E-state index in [1.54, 1.807) is 12.1 Å². The molecule has 1 fully saturated rings. The monoisotopic (exact) mass is 215 g/mol. The first-order valence-corrected chi connectivity index (χ1v) is 5.31. The maximum atomic E-state index is 11.4. The molecule has 0 radical (unpaired) electrons. The molecular weight excluding hydrogens is 202 g/mol. The first-order chi connectivity index (χ1) is 7.79. The molecule has 4 heteroatoms. The fraction of sp³-hybridized carbons (Fsp3) is 0.333. The van der Waals surface area contributed by atoms with Crippen molar-refractivity contribution in [1.82, 2.24) is 5.32 Å². The van der Waals surface area contributed by atoms with Crippen molar-refractivity contribution in [2.24, 2.45) is 0 Å². The molecule has 0 aromatic heterocycles. The van der Waals surface area contributed by atoms with Crippen LogP contribution in [-0.2, 0) is 4.79 Å². The van der Waals surface area contributed by atoms with Gasteiger partial charge in [-0.15, -0.1) is 0 Å². The van der Waals surface area contributed by atoms with Gasteiger partial charge in [0, 0.05) is 18.8 Å². The van der Waals surface area contributed by atoms with Gasteiger partial charge in [-0.3, -0.25) is 4.79 Å². The standard InChI is InChI=1S/C12H13N3O/c13-8-10-2-4-11(5-3-10)15-7-1-6-14-12(16)9-15/h2-5H,1,6-7,9H2,(H,14,16). The first kappa shape index (κ1) is 10.5. The second-order valence-corrected chi connectivity index (χ2v) is 3.78. The largest absolute Gasteiger partial charge is 0.362 e. The second-order valence-electron chi connectivity index (χ2n) is 3.78. The maximum Gasteiger partial charge on any atom is 0.239 e. The van der Waals surface area contributed by atoms with Crippen LogP contribution in [0.1, 0.15) is 12.0 Å². The van der Waals surface area contributed by atoms with E-state index < -0.39 is 0 Å². The quantitative estimate of drug-likeness (QED) is 0.756. The summed E-state index contributed by atoms with van der Waals surface area (Å²) in [5, 5.41) is 11.5. The second kappa shape index (κ2) is 4.67. The highest BCUT2D eigenvalue weighted by atomic mass is 16.2. The van der Waals surface area contributed by atoms with Crippen molar-refractivity contribution in [3.05, 3.63) is 29.8 Å². The molecule has 0 spiro atoms. The number of anilines is 1. The van der Waals surface area contributed by atoms with Gasteiger partial charge in [-0.05, 0) is 30.7 Å². The van der Waals surface area contributed by atoms with Gasteiger partial charge in [-0.2, -0.15) is 5.26 Å². The van der Waals surface area contributed by atoms with E-state index >= 15 is 0 Å². The minimum Gasteiger partial charge on any atom is -0.362 e. The lowest BCUT2D eigenvalue weighted by Crippen LogP contribution is -2.32. The Morgan fingerprint density at radius 1 is 1.31 bits per heavy atom. The molecule has 1 N–H and O–H groups in total. The summed E-state index contributed by atoms with van der Waals surface area (Å²) in [7, 11) is 0. The van der Waals surface area contributed by atoms with Gasteiger partial charge >= 0.3 is 0 Å². The summed E-state index contributed by atoms with van der Waals surface area (Å²) in [6, 6.07) is 9.40. The number of carbonyl (C=O) groups excluding carboxylic acids is 1. The molecule has 82 valence electrons. The summed E-state index contributed by atoms with van der Waals surface area (Å²) in [4.78, 5) is 13.4. The van der Waals surface area contributed by atoms with Gasteiger partial charge in [0.05, 0.1) is 18.2 Å². The number of nitrogens with zero attached hydrogens (tertiary/aromatic N) is 2. The molecule has 1 aromatic carbocycles. The molecule has 0 unspecified atom stereocenters. The van der Waals surface area contributed by atoms with Crippen molar-refractivity contribution in [3.8, 4) is 6.07 Å². The Bertz CT molecular complexity index is 419. The Balaban J connectivity index is 2.16. The minimum absolute atomic E-state index is 0.0573. The molecule has 4 nitrogen and oxygen atoms in total. The summed E-state index contributed by atoms with van der Waals surface area (Å²) in [5.74, 6) is 0.0573. The van der Waals surface area contributed by atoms with E-state index in [2.05, 4.69) is 11.4 Å². The first-order valence-electron chi connectivity index (χ1n) is 5.31. The fourth-order valence-electron chi connectivity index (χ4n) is 1.77. The Morgan fingerprint density at radius 2 is 2.06 bits per heavy atom. The summed E-state index contributed by atoms with van der Waals surface area (Å²) in [6.45, 7) is 2.00. The minimum atomic E-state index is 0.0573. The molecular formula is C12H13N3O. The topological polar surface area (TPSA) is 56.1 Å². The number of nitrogens with one attached hydrogen (secondary N) is 1. The molecule has 0 bridgehead atoms. The molecule has 0 atom stereocenters. The highest BCUT2D eigenvalue weighted by Gasteiger charge is 2.14. The zero-order valence-corrected chi connectivity index (χ0v) is 8.94. The van der Waals surface area contributed by atoms with E-state index in [0.717, 1.165) is 25.2 Å². The SMILES string of the molecule is N#Cc1ccc(N2CCCNC(=O)C2)cc1. The Labute approximate surface area is 94.5 Å². The van der Waals surface area contributed by atoms with Crippen molar-refractivity contribution in [1.29, 1.82) is 5.26 Å². The van der Waals surface area contributed by atoms with E-state index in [1.165, 1.54) is 0 Å². The van der Waals surface area contributed by atoms with Crippen LogP contribution in [-0.4, -0.2) is 25.5 Å². The van der Waals surface area contributed by atoms with Crippen LogP contribution in [0, 0.1) is 11.3 Å². The molecule has 0 saturated carbocycles. The maximum absolute atomic E-state index is 11.4. The highest BCUT2D eigenvalue weighted by Crippen LogP contribution is 2.15. The Kier molecular flexibility index (Phi) is 3.06. The third kappa shape index (κ3) is 2.31. The molecule has 1 aromatic rings. The number of carbonyl (C=O) groups is 1. The van der Waals surface area contributed by atoms with Gasteiger partial charge in [-0.1, -0.05) is 0 Å². The van der Waals surface area contributed by atoms with Crippen LogP contribution >= 0.6 is 0 Å². The van der Waals surface area contributed by atoms with E-state index in [9.17, 15) is 4.79 Å². The average molecular weight is 215 g/mol. The van der Waals surface area contributed by atoms with Crippen molar-refractivity contribution >= 4 is 11.6 Å². The van der Waals surface area contributed by atoms with Crippen LogP contribution in [0.4, 0.5) is 5.69 Å². The molecule has 1 saturated heterocycles. The van der Waals surface area contributed by atoms with Crippen molar-refractivity contribution in [2.45, 2.75) is 6.42 Å². The molecule has 1 aliphatic heterocycles. The van der Waals surface area contributed by atoms with Gasteiger partial charge in [0.15, 0.2) is 0 Å². The predicted molar refractivity (Wildman–Crippen MR) is 61.0 cm³/mol. The van der Waals surface area contributed by atoms with Crippen molar-refractivity contribution in [2.75, 3.05) is 24.5 Å². The number of amides is 1. The van der Waals surface area contributed by atoms with Crippen LogP contribution in [0.15, 0.2) is 24.3 Å². The average Bonchev–Trinajstić information content (AvgIpc) is 2.54.